The van der Waals surface area contributed by atoms with Gasteiger partial charge in [-0.05, 0) is 29.7 Å². The van der Waals surface area contributed by atoms with Crippen LogP contribution in [0.1, 0.15) is 25.3 Å². The number of hydrogen-bond donors (Lipinski definition) is 1. The lowest BCUT2D eigenvalue weighted by atomic mass is 10.0. The van der Waals surface area contributed by atoms with E-state index in [1.54, 1.807) is 0 Å². The van der Waals surface area contributed by atoms with E-state index in [2.05, 4.69) is 5.32 Å². The highest BCUT2D eigenvalue weighted by Gasteiger charge is 2.10. The summed E-state index contributed by atoms with van der Waals surface area (Å²) in [6.45, 7) is 3.78. The number of carbonyl (C=O) groups excluding carboxylic acids is 1. The van der Waals surface area contributed by atoms with Gasteiger partial charge >= 0.3 is 0 Å². The molecule has 0 bridgehead atoms. The molecule has 0 aliphatic carbocycles. The number of nitrogens with one attached hydrogen (secondary N) is 1. The molecule has 3 nitrogen and oxygen atoms in total. The number of rotatable bonds is 5. The van der Waals surface area contributed by atoms with Crippen LogP contribution in [-0.2, 0) is 4.79 Å². The lowest BCUT2D eigenvalue weighted by Gasteiger charge is -2.14. The standard InChI is InChI=1S/C17H17F2NO2/c1-11(2)13-5-3-4-6-16(13)20-17(21)10-22-12-7-8-14(18)15(19)9-12/h3-9,11H,10H2,1-2H3,(H,20,21). The van der Waals surface area contributed by atoms with Crippen LogP contribution in [0.25, 0.3) is 0 Å². The Morgan fingerprint density at radius 1 is 1.14 bits per heavy atom. The number of carbonyl (C=O) groups is 1. The first-order chi connectivity index (χ1) is 10.5. The second kappa shape index (κ2) is 7.02. The minimum Gasteiger partial charge on any atom is -0.484 e. The number of para-hydroxylation sites is 1. The van der Waals surface area contributed by atoms with E-state index in [4.69, 9.17) is 4.74 Å². The topological polar surface area (TPSA) is 38.3 Å². The van der Waals surface area contributed by atoms with E-state index in [9.17, 15) is 13.6 Å². The predicted molar refractivity (Wildman–Crippen MR) is 81.0 cm³/mol. The Bertz CT molecular complexity index is 671. The van der Waals surface area contributed by atoms with Crippen molar-refractivity contribution >= 4 is 11.6 Å². The average molecular weight is 305 g/mol. The van der Waals surface area contributed by atoms with Crippen LogP contribution in [0.2, 0.25) is 0 Å². The highest BCUT2D eigenvalue weighted by molar-refractivity contribution is 5.92. The molecule has 1 amide bonds. The largest absolute Gasteiger partial charge is 0.484 e. The maximum absolute atomic E-state index is 13.0. The fraction of sp³-hybridized carbons (Fsp3) is 0.235. The molecule has 0 atom stereocenters. The molecule has 2 aromatic rings. The van der Waals surface area contributed by atoms with E-state index in [0.717, 1.165) is 23.4 Å². The highest BCUT2D eigenvalue weighted by atomic mass is 19.2. The van der Waals surface area contributed by atoms with Gasteiger partial charge in [-0.2, -0.15) is 0 Å². The summed E-state index contributed by atoms with van der Waals surface area (Å²) < 4.78 is 31.0. The van der Waals surface area contributed by atoms with Crippen LogP contribution in [0.3, 0.4) is 0 Å². The van der Waals surface area contributed by atoms with E-state index >= 15 is 0 Å². The summed E-state index contributed by atoms with van der Waals surface area (Å²) in [6, 6.07) is 10.6. The second-order valence-electron chi connectivity index (χ2n) is 5.15. The molecule has 0 fully saturated rings. The first-order valence-corrected chi connectivity index (χ1v) is 6.94. The normalized spacial score (nSPS) is 10.6. The molecule has 5 heteroatoms. The number of ether oxygens (including phenoxy) is 1. The summed E-state index contributed by atoms with van der Waals surface area (Å²) in [5.74, 6) is -1.96. The lowest BCUT2D eigenvalue weighted by Crippen LogP contribution is -2.21. The monoisotopic (exact) mass is 305 g/mol. The van der Waals surface area contributed by atoms with Gasteiger partial charge in [-0.3, -0.25) is 4.79 Å². The van der Waals surface area contributed by atoms with Crippen molar-refractivity contribution in [2.45, 2.75) is 19.8 Å². The Kier molecular flexibility index (Phi) is 5.09. The number of amides is 1. The first kappa shape index (κ1) is 15.9. The maximum atomic E-state index is 13.0. The third-order valence-corrected chi connectivity index (χ3v) is 3.12. The molecular formula is C17H17F2NO2. The van der Waals surface area contributed by atoms with Crippen molar-refractivity contribution < 1.29 is 18.3 Å². The molecule has 0 aliphatic rings. The van der Waals surface area contributed by atoms with Gasteiger partial charge in [0.1, 0.15) is 5.75 Å². The molecule has 0 heterocycles. The fourth-order valence-corrected chi connectivity index (χ4v) is 2.02. The zero-order valence-corrected chi connectivity index (χ0v) is 12.4. The van der Waals surface area contributed by atoms with Crippen LogP contribution in [-0.4, -0.2) is 12.5 Å². The predicted octanol–water partition coefficient (Wildman–Crippen LogP) is 4.11. The molecule has 22 heavy (non-hydrogen) atoms. The summed E-state index contributed by atoms with van der Waals surface area (Å²) in [4.78, 5) is 11.9. The Morgan fingerprint density at radius 2 is 1.86 bits per heavy atom. The van der Waals surface area contributed by atoms with E-state index < -0.39 is 11.6 Å². The van der Waals surface area contributed by atoms with Crippen LogP contribution < -0.4 is 10.1 Å². The minimum absolute atomic E-state index is 0.103. The van der Waals surface area contributed by atoms with Crippen molar-refractivity contribution in [1.29, 1.82) is 0 Å². The van der Waals surface area contributed by atoms with E-state index in [-0.39, 0.29) is 24.2 Å². The van der Waals surface area contributed by atoms with Gasteiger partial charge in [0, 0.05) is 11.8 Å². The SMILES string of the molecule is CC(C)c1ccccc1NC(=O)COc1ccc(F)c(F)c1. The van der Waals surface area contributed by atoms with Gasteiger partial charge < -0.3 is 10.1 Å². The summed E-state index contributed by atoms with van der Waals surface area (Å²) in [7, 11) is 0. The molecular weight excluding hydrogens is 288 g/mol. The van der Waals surface area contributed by atoms with Crippen molar-refractivity contribution in [2.24, 2.45) is 0 Å². The third kappa shape index (κ3) is 4.04. The van der Waals surface area contributed by atoms with Crippen LogP contribution >= 0.6 is 0 Å². The molecule has 116 valence electrons. The quantitative estimate of drug-likeness (QED) is 0.903. The smallest absolute Gasteiger partial charge is 0.262 e. The van der Waals surface area contributed by atoms with Crippen molar-refractivity contribution in [3.05, 3.63) is 59.7 Å². The fourth-order valence-electron chi connectivity index (χ4n) is 2.02. The summed E-state index contributed by atoms with van der Waals surface area (Å²) in [6.07, 6.45) is 0. The van der Waals surface area contributed by atoms with Crippen LogP contribution in [0.4, 0.5) is 14.5 Å². The van der Waals surface area contributed by atoms with Gasteiger partial charge in [0.05, 0.1) is 0 Å². The number of halogens is 2. The Morgan fingerprint density at radius 3 is 2.55 bits per heavy atom. The Hall–Kier alpha value is -2.43. The zero-order chi connectivity index (χ0) is 16.1. The van der Waals surface area contributed by atoms with Gasteiger partial charge in [0.2, 0.25) is 0 Å². The van der Waals surface area contributed by atoms with E-state index in [0.29, 0.717) is 0 Å². The average Bonchev–Trinajstić information content (AvgIpc) is 2.49. The van der Waals surface area contributed by atoms with E-state index in [1.807, 2.05) is 38.1 Å². The Balaban J connectivity index is 1.97. The number of anilines is 1. The molecule has 0 saturated carbocycles. The summed E-state index contributed by atoms with van der Waals surface area (Å²) in [5, 5.41) is 2.76. The molecule has 0 unspecified atom stereocenters. The lowest BCUT2D eigenvalue weighted by molar-refractivity contribution is -0.118. The first-order valence-electron chi connectivity index (χ1n) is 6.94. The van der Waals surface area contributed by atoms with E-state index in [1.165, 1.54) is 6.07 Å². The molecule has 0 saturated heterocycles. The van der Waals surface area contributed by atoms with Crippen LogP contribution in [0, 0.1) is 11.6 Å². The van der Waals surface area contributed by atoms with Gasteiger partial charge in [-0.25, -0.2) is 8.78 Å². The maximum Gasteiger partial charge on any atom is 0.262 e. The van der Waals surface area contributed by atoms with Crippen LogP contribution in [0.15, 0.2) is 42.5 Å². The molecule has 0 radical (unpaired) electrons. The van der Waals surface area contributed by atoms with Gasteiger partial charge in [0.15, 0.2) is 18.2 Å². The number of hydrogen-bond acceptors (Lipinski definition) is 2. The van der Waals surface area contributed by atoms with Gasteiger partial charge in [-0.15, -0.1) is 0 Å². The minimum atomic E-state index is -1.01. The molecule has 1 N–H and O–H groups in total. The molecule has 2 rings (SSSR count). The van der Waals surface area contributed by atoms with Crippen molar-refractivity contribution in [2.75, 3.05) is 11.9 Å². The zero-order valence-electron chi connectivity index (χ0n) is 12.4. The third-order valence-electron chi connectivity index (χ3n) is 3.12. The van der Waals surface area contributed by atoms with Gasteiger partial charge in [0.25, 0.3) is 5.91 Å². The van der Waals surface area contributed by atoms with Gasteiger partial charge in [-0.1, -0.05) is 32.0 Å². The van der Waals surface area contributed by atoms with Crippen LogP contribution in [0.5, 0.6) is 5.75 Å². The number of benzene rings is 2. The second-order valence-corrected chi connectivity index (χ2v) is 5.15. The van der Waals surface area contributed by atoms with Crippen molar-refractivity contribution in [3.8, 4) is 5.75 Å². The summed E-state index contributed by atoms with van der Waals surface area (Å²) >= 11 is 0. The molecule has 0 aliphatic heterocycles. The van der Waals surface area contributed by atoms with Crippen molar-refractivity contribution in [3.63, 3.8) is 0 Å². The molecule has 0 aromatic heterocycles. The Labute approximate surface area is 127 Å². The summed E-state index contributed by atoms with van der Waals surface area (Å²) in [5.41, 5.74) is 1.74. The van der Waals surface area contributed by atoms with Crippen molar-refractivity contribution in [1.82, 2.24) is 0 Å². The molecule has 0 spiro atoms. The molecule has 2 aromatic carbocycles. The highest BCUT2D eigenvalue weighted by Crippen LogP contribution is 2.23.